The van der Waals surface area contributed by atoms with Crippen LogP contribution in [0.25, 0.3) is 0 Å². The van der Waals surface area contributed by atoms with Gasteiger partial charge >= 0.3 is 6.09 Å². The van der Waals surface area contributed by atoms with E-state index >= 15 is 0 Å². The standard InChI is InChI=1S/C17H32N2O3/c1-17(2,3)22-16(20)19(4)14-11-15(12-14)21-10-7-13-5-8-18-9-6-13/h13-15,18H,5-12H2,1-4H3/t14-,15-. The van der Waals surface area contributed by atoms with E-state index in [1.165, 1.54) is 19.3 Å². The maximum Gasteiger partial charge on any atom is 0.410 e. The molecule has 0 unspecified atom stereocenters. The predicted octanol–water partition coefficient (Wildman–Crippen LogP) is 2.79. The van der Waals surface area contributed by atoms with Gasteiger partial charge in [-0.15, -0.1) is 0 Å². The van der Waals surface area contributed by atoms with Gasteiger partial charge in [0.15, 0.2) is 0 Å². The fourth-order valence-electron chi connectivity index (χ4n) is 3.04. The topological polar surface area (TPSA) is 50.8 Å². The average Bonchev–Trinajstić information content (AvgIpc) is 2.40. The monoisotopic (exact) mass is 312 g/mol. The van der Waals surface area contributed by atoms with Crippen molar-refractivity contribution in [3.8, 4) is 0 Å². The fraction of sp³-hybridized carbons (Fsp3) is 0.941. The molecule has 5 heteroatoms. The van der Waals surface area contributed by atoms with Gasteiger partial charge in [-0.25, -0.2) is 4.79 Å². The SMILES string of the molecule is CN(C(=O)OC(C)(C)C)[C@H]1C[C@H](OCCC2CCNCC2)C1. The number of hydrogen-bond donors (Lipinski definition) is 1. The third-order valence-electron chi connectivity index (χ3n) is 4.64. The Morgan fingerprint density at radius 2 is 1.86 bits per heavy atom. The molecule has 1 amide bonds. The molecular weight excluding hydrogens is 280 g/mol. The van der Waals surface area contributed by atoms with E-state index in [0.717, 1.165) is 38.5 Å². The Hall–Kier alpha value is -0.810. The van der Waals surface area contributed by atoms with Crippen molar-refractivity contribution in [3.05, 3.63) is 0 Å². The molecule has 1 aliphatic carbocycles. The molecule has 0 bridgehead atoms. The van der Waals surface area contributed by atoms with Gasteiger partial charge in [0.1, 0.15) is 5.60 Å². The van der Waals surface area contributed by atoms with Crippen LogP contribution in [0.1, 0.15) is 52.9 Å². The molecular formula is C17H32N2O3. The summed E-state index contributed by atoms with van der Waals surface area (Å²) in [5.41, 5.74) is -0.431. The van der Waals surface area contributed by atoms with Crippen molar-refractivity contribution < 1.29 is 14.3 Å². The first-order valence-corrected chi connectivity index (χ1v) is 8.63. The van der Waals surface area contributed by atoms with Crippen LogP contribution < -0.4 is 5.32 Å². The van der Waals surface area contributed by atoms with E-state index in [4.69, 9.17) is 9.47 Å². The van der Waals surface area contributed by atoms with Crippen LogP contribution in [-0.2, 0) is 9.47 Å². The lowest BCUT2D eigenvalue weighted by Crippen LogP contribution is -2.50. The molecule has 0 aromatic heterocycles. The van der Waals surface area contributed by atoms with E-state index in [9.17, 15) is 4.79 Å². The third kappa shape index (κ3) is 5.43. The minimum absolute atomic E-state index is 0.231. The predicted molar refractivity (Wildman–Crippen MR) is 87.0 cm³/mol. The van der Waals surface area contributed by atoms with Crippen LogP contribution in [-0.4, -0.2) is 55.5 Å². The van der Waals surface area contributed by atoms with Gasteiger partial charge in [-0.1, -0.05) is 0 Å². The van der Waals surface area contributed by atoms with Crippen molar-refractivity contribution in [1.29, 1.82) is 0 Å². The van der Waals surface area contributed by atoms with Crippen LogP contribution in [0.2, 0.25) is 0 Å². The summed E-state index contributed by atoms with van der Waals surface area (Å²) in [7, 11) is 1.82. The average molecular weight is 312 g/mol. The zero-order chi connectivity index (χ0) is 16.2. The first-order valence-electron chi connectivity index (χ1n) is 8.63. The molecule has 0 aromatic rings. The molecule has 2 fully saturated rings. The number of amides is 1. The second-order valence-corrected chi connectivity index (χ2v) is 7.69. The summed E-state index contributed by atoms with van der Waals surface area (Å²) < 4.78 is 11.3. The van der Waals surface area contributed by atoms with Crippen molar-refractivity contribution in [2.45, 2.75) is 70.6 Å². The molecule has 2 rings (SSSR count). The lowest BCUT2D eigenvalue weighted by Gasteiger charge is -2.41. The first-order chi connectivity index (χ1) is 10.3. The van der Waals surface area contributed by atoms with Crippen LogP contribution in [0.15, 0.2) is 0 Å². The molecule has 0 spiro atoms. The molecule has 1 N–H and O–H groups in total. The lowest BCUT2D eigenvalue weighted by atomic mass is 9.88. The Balaban J connectivity index is 1.57. The Kier molecular flexibility index (Phi) is 6.09. The summed E-state index contributed by atoms with van der Waals surface area (Å²) in [6.07, 6.45) is 5.67. The Morgan fingerprint density at radius 3 is 2.45 bits per heavy atom. The molecule has 0 radical (unpaired) electrons. The minimum atomic E-state index is -0.431. The van der Waals surface area contributed by atoms with Gasteiger partial charge in [0.05, 0.1) is 6.10 Å². The van der Waals surface area contributed by atoms with Gasteiger partial charge in [-0.3, -0.25) is 0 Å². The highest BCUT2D eigenvalue weighted by Crippen LogP contribution is 2.29. The van der Waals surface area contributed by atoms with Gasteiger partial charge in [-0.2, -0.15) is 0 Å². The molecule has 0 aromatic carbocycles. The second-order valence-electron chi connectivity index (χ2n) is 7.69. The van der Waals surface area contributed by atoms with Crippen molar-refractivity contribution in [2.75, 3.05) is 26.7 Å². The number of hydrogen-bond acceptors (Lipinski definition) is 4. The van der Waals surface area contributed by atoms with Crippen molar-refractivity contribution in [2.24, 2.45) is 5.92 Å². The normalized spacial score (nSPS) is 26.4. The highest BCUT2D eigenvalue weighted by Gasteiger charge is 2.36. The van der Waals surface area contributed by atoms with Crippen LogP contribution in [0.5, 0.6) is 0 Å². The van der Waals surface area contributed by atoms with Crippen molar-refractivity contribution in [3.63, 3.8) is 0 Å². The molecule has 5 nitrogen and oxygen atoms in total. The Morgan fingerprint density at radius 1 is 1.23 bits per heavy atom. The van der Waals surface area contributed by atoms with Gasteiger partial charge < -0.3 is 19.7 Å². The summed E-state index contributed by atoms with van der Waals surface area (Å²) in [4.78, 5) is 13.7. The molecule has 1 saturated heterocycles. The zero-order valence-corrected chi connectivity index (χ0v) is 14.6. The molecule has 128 valence electrons. The zero-order valence-electron chi connectivity index (χ0n) is 14.6. The number of rotatable bonds is 5. The van der Waals surface area contributed by atoms with Gasteiger partial charge in [0.2, 0.25) is 0 Å². The largest absolute Gasteiger partial charge is 0.444 e. The van der Waals surface area contributed by atoms with Crippen molar-refractivity contribution >= 4 is 6.09 Å². The highest BCUT2D eigenvalue weighted by molar-refractivity contribution is 5.68. The molecule has 2 aliphatic rings. The second kappa shape index (κ2) is 7.64. The highest BCUT2D eigenvalue weighted by atomic mass is 16.6. The van der Waals surface area contributed by atoms with E-state index in [1.54, 1.807) is 4.90 Å². The van der Waals surface area contributed by atoms with Crippen LogP contribution in [0.4, 0.5) is 4.79 Å². The van der Waals surface area contributed by atoms with Gasteiger partial charge in [-0.05, 0) is 71.9 Å². The number of nitrogens with one attached hydrogen (secondary N) is 1. The van der Waals surface area contributed by atoms with E-state index in [1.807, 2.05) is 27.8 Å². The number of carbonyl (C=O) groups is 1. The van der Waals surface area contributed by atoms with E-state index in [2.05, 4.69) is 5.32 Å². The summed E-state index contributed by atoms with van der Waals surface area (Å²) in [6, 6.07) is 0.263. The minimum Gasteiger partial charge on any atom is -0.444 e. The van der Waals surface area contributed by atoms with Crippen molar-refractivity contribution in [1.82, 2.24) is 10.2 Å². The summed E-state index contributed by atoms with van der Waals surface area (Å²) in [5.74, 6) is 0.821. The first kappa shape index (κ1) is 17.5. The molecule has 1 saturated carbocycles. The smallest absolute Gasteiger partial charge is 0.410 e. The van der Waals surface area contributed by atoms with Gasteiger partial charge in [0, 0.05) is 19.7 Å². The summed E-state index contributed by atoms with van der Waals surface area (Å²) in [5, 5.41) is 3.39. The maximum absolute atomic E-state index is 12.0. The maximum atomic E-state index is 12.0. The molecule has 1 heterocycles. The van der Waals surface area contributed by atoms with E-state index in [0.29, 0.717) is 6.10 Å². The van der Waals surface area contributed by atoms with Crippen LogP contribution >= 0.6 is 0 Å². The Labute approximate surface area is 134 Å². The number of piperidine rings is 1. The van der Waals surface area contributed by atoms with Crippen LogP contribution in [0, 0.1) is 5.92 Å². The summed E-state index contributed by atoms with van der Waals surface area (Å²) >= 11 is 0. The third-order valence-corrected chi connectivity index (χ3v) is 4.64. The molecule has 22 heavy (non-hydrogen) atoms. The number of carbonyl (C=O) groups excluding carboxylic acids is 1. The quantitative estimate of drug-likeness (QED) is 0.848. The number of ether oxygens (including phenoxy) is 2. The van der Waals surface area contributed by atoms with E-state index < -0.39 is 5.60 Å². The fourth-order valence-corrected chi connectivity index (χ4v) is 3.04. The summed E-state index contributed by atoms with van der Waals surface area (Å²) in [6.45, 7) is 8.84. The number of nitrogens with zero attached hydrogens (tertiary/aromatic N) is 1. The molecule has 0 atom stereocenters. The van der Waals surface area contributed by atoms with Crippen LogP contribution in [0.3, 0.4) is 0 Å². The Bertz CT molecular complexity index is 355. The lowest BCUT2D eigenvalue weighted by molar-refractivity contribution is -0.0544. The van der Waals surface area contributed by atoms with Gasteiger partial charge in [0.25, 0.3) is 0 Å². The van der Waals surface area contributed by atoms with E-state index in [-0.39, 0.29) is 12.1 Å². The molecule has 1 aliphatic heterocycles.